The van der Waals surface area contributed by atoms with Gasteiger partial charge in [-0.1, -0.05) is 18.5 Å². The Bertz CT molecular complexity index is 274. The van der Waals surface area contributed by atoms with Crippen LogP contribution in [0.5, 0.6) is 0 Å². The largest absolute Gasteiger partial charge is 0.429 e. The van der Waals surface area contributed by atoms with E-state index in [2.05, 4.69) is 16.7 Å². The first kappa shape index (κ1) is 8.04. The van der Waals surface area contributed by atoms with Crippen LogP contribution in [0.4, 0.5) is 0 Å². The normalized spacial score (nSPS) is 10.4. The molecule has 62 valence electrons. The van der Waals surface area contributed by atoms with Crippen LogP contribution in [0.1, 0.15) is 26.0 Å². The molecule has 1 heterocycles. The Balaban J connectivity index is 2.96. The Morgan fingerprint density at radius 2 is 2.27 bits per heavy atom. The highest BCUT2D eigenvalue weighted by atomic mass is 16.5. The fourth-order valence-electron chi connectivity index (χ4n) is 1.06. The summed E-state index contributed by atoms with van der Waals surface area (Å²) in [5.74, 6) is 0. The van der Waals surface area contributed by atoms with Gasteiger partial charge in [-0.2, -0.15) is 0 Å². The fraction of sp³-hybridized carbons (Fsp3) is 0.714. The molecule has 0 bridgehead atoms. The van der Waals surface area contributed by atoms with E-state index in [0.717, 1.165) is 13.0 Å². The van der Waals surface area contributed by atoms with Crippen LogP contribution >= 0.6 is 0 Å². The van der Waals surface area contributed by atoms with Crippen molar-refractivity contribution in [2.24, 2.45) is 0 Å². The average molecular weight is 157 g/mol. The van der Waals surface area contributed by atoms with Crippen LogP contribution < -0.4 is 10.3 Å². The number of nitrogens with zero attached hydrogens (tertiary/aromatic N) is 1. The Labute approximate surface area is 64.8 Å². The molecular weight excluding hydrogens is 144 g/mol. The van der Waals surface area contributed by atoms with E-state index in [0.29, 0.717) is 12.1 Å². The number of H-pyrrole nitrogens is 1. The van der Waals surface area contributed by atoms with Gasteiger partial charge in [-0.15, -0.1) is 0 Å². The summed E-state index contributed by atoms with van der Waals surface area (Å²) >= 11 is 0. The first-order chi connectivity index (χ1) is 5.29. The van der Waals surface area contributed by atoms with E-state index in [1.807, 2.05) is 6.92 Å². The van der Waals surface area contributed by atoms with Gasteiger partial charge in [-0.3, -0.25) is 4.52 Å². The molecule has 0 fully saturated rings. The van der Waals surface area contributed by atoms with Crippen molar-refractivity contribution in [2.45, 2.75) is 33.2 Å². The van der Waals surface area contributed by atoms with E-state index in [1.54, 1.807) is 4.68 Å². The fourth-order valence-corrected chi connectivity index (χ4v) is 1.06. The molecule has 0 saturated carbocycles. The molecule has 0 unspecified atom stereocenters. The quantitative estimate of drug-likeness (QED) is 0.638. The molecule has 0 atom stereocenters. The van der Waals surface area contributed by atoms with Crippen molar-refractivity contribution < 1.29 is 9.20 Å². The van der Waals surface area contributed by atoms with Crippen molar-refractivity contribution in [2.75, 3.05) is 0 Å². The van der Waals surface area contributed by atoms with Gasteiger partial charge < -0.3 is 0 Å². The molecule has 0 saturated heterocycles. The lowest BCUT2D eigenvalue weighted by Crippen LogP contribution is -2.40. The van der Waals surface area contributed by atoms with Gasteiger partial charge >= 0.3 is 5.63 Å². The third kappa shape index (κ3) is 1.50. The molecule has 4 heteroatoms. The Hall–Kier alpha value is -1.06. The van der Waals surface area contributed by atoms with Gasteiger partial charge in [0, 0.05) is 12.8 Å². The average Bonchev–Trinajstić information content (AvgIpc) is 2.33. The van der Waals surface area contributed by atoms with E-state index in [-0.39, 0.29) is 5.63 Å². The Morgan fingerprint density at radius 1 is 1.55 bits per heavy atom. The van der Waals surface area contributed by atoms with Crippen molar-refractivity contribution in [3.05, 3.63) is 16.1 Å². The lowest BCUT2D eigenvalue weighted by atomic mass is 10.3. The summed E-state index contributed by atoms with van der Waals surface area (Å²) in [7, 11) is 0. The zero-order valence-corrected chi connectivity index (χ0v) is 6.89. The second-order valence-electron chi connectivity index (χ2n) is 2.43. The SMILES string of the molecule is CCC[n+]1[nH]oc(=O)c1CC. The maximum absolute atomic E-state index is 10.9. The molecule has 0 radical (unpaired) electrons. The first-order valence-corrected chi connectivity index (χ1v) is 3.89. The summed E-state index contributed by atoms with van der Waals surface area (Å²) in [6, 6.07) is 0. The smallest absolute Gasteiger partial charge is 0.283 e. The zero-order chi connectivity index (χ0) is 8.27. The van der Waals surface area contributed by atoms with Gasteiger partial charge in [-0.05, 0) is 5.27 Å². The lowest BCUT2D eigenvalue weighted by molar-refractivity contribution is -0.768. The second kappa shape index (κ2) is 3.37. The number of aromatic nitrogens is 2. The van der Waals surface area contributed by atoms with Crippen molar-refractivity contribution in [3.8, 4) is 0 Å². The molecule has 0 aliphatic carbocycles. The number of nitrogens with one attached hydrogen (secondary N) is 1. The van der Waals surface area contributed by atoms with Gasteiger partial charge in [0.2, 0.25) is 0 Å². The number of aryl methyl sites for hydroxylation is 1. The lowest BCUT2D eigenvalue weighted by Gasteiger charge is -1.86. The number of hydrogen-bond donors (Lipinski definition) is 1. The van der Waals surface area contributed by atoms with Crippen LogP contribution in [0.25, 0.3) is 0 Å². The molecule has 0 spiro atoms. The molecular formula is C7H13N2O2+. The summed E-state index contributed by atoms with van der Waals surface area (Å²) in [5.41, 5.74) is 0.466. The van der Waals surface area contributed by atoms with Crippen LogP contribution in [-0.4, -0.2) is 5.27 Å². The minimum absolute atomic E-state index is 0.249. The summed E-state index contributed by atoms with van der Waals surface area (Å²) in [4.78, 5) is 10.9. The van der Waals surface area contributed by atoms with Gasteiger partial charge in [0.05, 0.1) is 0 Å². The van der Waals surface area contributed by atoms with E-state index < -0.39 is 0 Å². The van der Waals surface area contributed by atoms with Gasteiger partial charge in [-0.25, -0.2) is 4.79 Å². The topological polar surface area (TPSA) is 49.9 Å². The first-order valence-electron chi connectivity index (χ1n) is 3.89. The van der Waals surface area contributed by atoms with Gasteiger partial charge in [0.25, 0.3) is 5.69 Å². The predicted octanol–water partition coefficient (Wildman–Crippen LogP) is 0.228. The van der Waals surface area contributed by atoms with Gasteiger partial charge in [0.15, 0.2) is 6.54 Å². The Kier molecular flexibility index (Phi) is 2.46. The molecule has 11 heavy (non-hydrogen) atoms. The van der Waals surface area contributed by atoms with Crippen LogP contribution in [0.2, 0.25) is 0 Å². The summed E-state index contributed by atoms with van der Waals surface area (Å²) < 4.78 is 6.37. The second-order valence-corrected chi connectivity index (χ2v) is 2.43. The third-order valence-corrected chi connectivity index (χ3v) is 1.59. The highest BCUT2D eigenvalue weighted by Gasteiger charge is 2.16. The van der Waals surface area contributed by atoms with Crippen LogP contribution in [0.15, 0.2) is 9.32 Å². The van der Waals surface area contributed by atoms with Crippen LogP contribution in [-0.2, 0) is 13.0 Å². The zero-order valence-electron chi connectivity index (χ0n) is 6.89. The molecule has 1 aromatic rings. The van der Waals surface area contributed by atoms with E-state index in [4.69, 9.17) is 0 Å². The monoisotopic (exact) mass is 157 g/mol. The molecule has 1 N–H and O–H groups in total. The molecule has 0 amide bonds. The predicted molar refractivity (Wildman–Crippen MR) is 39.2 cm³/mol. The van der Waals surface area contributed by atoms with Gasteiger partial charge in [0.1, 0.15) is 0 Å². The highest BCUT2D eigenvalue weighted by Crippen LogP contribution is 1.83. The molecule has 1 aromatic heterocycles. The number of hydrogen-bond acceptors (Lipinski definition) is 2. The minimum Gasteiger partial charge on any atom is -0.283 e. The van der Waals surface area contributed by atoms with Crippen molar-refractivity contribution in [3.63, 3.8) is 0 Å². The third-order valence-electron chi connectivity index (χ3n) is 1.59. The molecule has 0 aliphatic heterocycles. The molecule has 1 rings (SSSR count). The maximum atomic E-state index is 10.9. The van der Waals surface area contributed by atoms with Crippen molar-refractivity contribution >= 4 is 0 Å². The van der Waals surface area contributed by atoms with Crippen LogP contribution in [0.3, 0.4) is 0 Å². The molecule has 0 aliphatic rings. The molecule has 0 aromatic carbocycles. The summed E-state index contributed by atoms with van der Waals surface area (Å²) in [6.07, 6.45) is 1.71. The van der Waals surface area contributed by atoms with Crippen LogP contribution in [0, 0.1) is 0 Å². The summed E-state index contributed by atoms with van der Waals surface area (Å²) in [5, 5.41) is 2.56. The van der Waals surface area contributed by atoms with Crippen molar-refractivity contribution in [1.29, 1.82) is 0 Å². The minimum atomic E-state index is -0.249. The number of rotatable bonds is 3. The highest BCUT2D eigenvalue weighted by molar-refractivity contribution is 4.80. The van der Waals surface area contributed by atoms with Crippen molar-refractivity contribution in [1.82, 2.24) is 5.27 Å². The van der Waals surface area contributed by atoms with E-state index >= 15 is 0 Å². The number of aromatic amines is 1. The molecule has 4 nitrogen and oxygen atoms in total. The standard InChI is InChI=1S/C7H12N2O2/c1-3-5-9-6(4-2)7(10)11-8-9/h3-5H2,1-2H3/p+1. The van der Waals surface area contributed by atoms with E-state index in [1.165, 1.54) is 0 Å². The maximum Gasteiger partial charge on any atom is 0.429 e. The Morgan fingerprint density at radius 3 is 2.82 bits per heavy atom. The summed E-state index contributed by atoms with van der Waals surface area (Å²) in [6.45, 7) is 4.80. The van der Waals surface area contributed by atoms with E-state index in [9.17, 15) is 4.79 Å².